The third-order valence-electron chi connectivity index (χ3n) is 2.70. The molecule has 0 aromatic heterocycles. The third-order valence-corrected chi connectivity index (χ3v) is 3.00. The maximum absolute atomic E-state index is 11.6. The van der Waals surface area contributed by atoms with Gasteiger partial charge in [0.05, 0.1) is 17.3 Å². The molecule has 19 heavy (non-hydrogen) atoms. The van der Waals surface area contributed by atoms with Crippen molar-refractivity contribution in [2.45, 2.75) is 20.3 Å². The summed E-state index contributed by atoms with van der Waals surface area (Å²) in [7, 11) is 1.64. The van der Waals surface area contributed by atoms with Crippen molar-refractivity contribution in [1.29, 1.82) is 0 Å². The molecule has 0 atom stereocenters. The van der Waals surface area contributed by atoms with Gasteiger partial charge in [-0.2, -0.15) is 0 Å². The van der Waals surface area contributed by atoms with E-state index in [2.05, 4.69) is 10.6 Å². The summed E-state index contributed by atoms with van der Waals surface area (Å²) in [6.45, 7) is 5.45. The zero-order valence-corrected chi connectivity index (χ0v) is 12.4. The SMILES string of the molecule is COCCCNC(=O)CNc1c(C)cc(C)cc1Cl. The van der Waals surface area contributed by atoms with E-state index in [0.717, 1.165) is 23.2 Å². The second-order valence-electron chi connectivity index (χ2n) is 4.49. The van der Waals surface area contributed by atoms with Crippen LogP contribution in [0.2, 0.25) is 5.02 Å². The molecule has 0 unspecified atom stereocenters. The number of rotatable bonds is 7. The molecular weight excluding hydrogens is 264 g/mol. The van der Waals surface area contributed by atoms with Gasteiger partial charge in [0.25, 0.3) is 0 Å². The second-order valence-corrected chi connectivity index (χ2v) is 4.90. The van der Waals surface area contributed by atoms with E-state index < -0.39 is 0 Å². The molecule has 0 bridgehead atoms. The lowest BCUT2D eigenvalue weighted by Gasteiger charge is -2.12. The van der Waals surface area contributed by atoms with E-state index in [1.54, 1.807) is 7.11 Å². The fraction of sp³-hybridized carbons (Fsp3) is 0.500. The summed E-state index contributed by atoms with van der Waals surface area (Å²) in [5, 5.41) is 6.53. The largest absolute Gasteiger partial charge is 0.385 e. The van der Waals surface area contributed by atoms with E-state index in [9.17, 15) is 4.79 Å². The zero-order valence-electron chi connectivity index (χ0n) is 11.7. The van der Waals surface area contributed by atoms with Crippen LogP contribution in [-0.2, 0) is 9.53 Å². The van der Waals surface area contributed by atoms with Gasteiger partial charge in [-0.25, -0.2) is 0 Å². The molecule has 0 saturated heterocycles. The molecule has 2 N–H and O–H groups in total. The topological polar surface area (TPSA) is 50.4 Å². The van der Waals surface area contributed by atoms with E-state index in [0.29, 0.717) is 18.2 Å². The van der Waals surface area contributed by atoms with Crippen LogP contribution in [0.3, 0.4) is 0 Å². The van der Waals surface area contributed by atoms with Crippen LogP contribution < -0.4 is 10.6 Å². The molecule has 1 aromatic rings. The number of nitrogens with one attached hydrogen (secondary N) is 2. The number of benzene rings is 1. The van der Waals surface area contributed by atoms with Crippen LogP contribution in [0.1, 0.15) is 17.5 Å². The summed E-state index contributed by atoms with van der Waals surface area (Å²) < 4.78 is 4.91. The second kappa shape index (κ2) is 8.02. The van der Waals surface area contributed by atoms with Crippen LogP contribution in [-0.4, -0.2) is 32.7 Å². The zero-order chi connectivity index (χ0) is 14.3. The molecule has 0 radical (unpaired) electrons. The van der Waals surface area contributed by atoms with Crippen molar-refractivity contribution in [1.82, 2.24) is 5.32 Å². The van der Waals surface area contributed by atoms with Gasteiger partial charge < -0.3 is 15.4 Å². The van der Waals surface area contributed by atoms with Crippen LogP contribution in [0.5, 0.6) is 0 Å². The van der Waals surface area contributed by atoms with E-state index in [1.807, 2.05) is 26.0 Å². The quantitative estimate of drug-likeness (QED) is 0.757. The number of amides is 1. The van der Waals surface area contributed by atoms with Crippen molar-refractivity contribution in [2.24, 2.45) is 0 Å². The summed E-state index contributed by atoms with van der Waals surface area (Å²) in [5.74, 6) is -0.0489. The summed E-state index contributed by atoms with van der Waals surface area (Å²) >= 11 is 6.15. The van der Waals surface area contributed by atoms with Gasteiger partial charge in [-0.15, -0.1) is 0 Å². The highest BCUT2D eigenvalue weighted by molar-refractivity contribution is 6.33. The van der Waals surface area contributed by atoms with Crippen molar-refractivity contribution in [3.8, 4) is 0 Å². The molecule has 0 spiro atoms. The van der Waals surface area contributed by atoms with E-state index in [1.165, 1.54) is 0 Å². The number of hydrogen-bond donors (Lipinski definition) is 2. The highest BCUT2D eigenvalue weighted by Crippen LogP contribution is 2.26. The standard InChI is InChI=1S/C14H21ClN2O2/c1-10-7-11(2)14(12(15)8-10)17-9-13(18)16-5-4-6-19-3/h7-8,17H,4-6,9H2,1-3H3,(H,16,18). The third kappa shape index (κ3) is 5.49. The number of ether oxygens (including phenoxy) is 1. The Labute approximate surface area is 119 Å². The monoisotopic (exact) mass is 284 g/mol. The van der Waals surface area contributed by atoms with E-state index in [4.69, 9.17) is 16.3 Å². The minimum atomic E-state index is -0.0489. The van der Waals surface area contributed by atoms with E-state index in [-0.39, 0.29) is 12.5 Å². The first-order chi connectivity index (χ1) is 9.04. The van der Waals surface area contributed by atoms with Gasteiger partial charge in [-0.05, 0) is 37.5 Å². The van der Waals surface area contributed by atoms with Gasteiger partial charge in [0.1, 0.15) is 0 Å². The number of aryl methyl sites for hydroxylation is 2. The fourth-order valence-electron chi connectivity index (χ4n) is 1.82. The predicted octanol–water partition coefficient (Wildman–Crippen LogP) is 2.52. The van der Waals surface area contributed by atoms with Gasteiger partial charge in [0.15, 0.2) is 0 Å². The normalized spacial score (nSPS) is 10.3. The Morgan fingerprint density at radius 1 is 1.37 bits per heavy atom. The van der Waals surface area contributed by atoms with Crippen molar-refractivity contribution in [3.05, 3.63) is 28.3 Å². The first kappa shape index (κ1) is 15.8. The highest BCUT2D eigenvalue weighted by Gasteiger charge is 2.07. The van der Waals surface area contributed by atoms with Gasteiger partial charge in [-0.1, -0.05) is 17.7 Å². The average Bonchev–Trinajstić information content (AvgIpc) is 2.33. The van der Waals surface area contributed by atoms with Crippen molar-refractivity contribution < 1.29 is 9.53 Å². The molecule has 0 saturated carbocycles. The van der Waals surface area contributed by atoms with Crippen molar-refractivity contribution >= 4 is 23.2 Å². The van der Waals surface area contributed by atoms with Gasteiger partial charge in [-0.3, -0.25) is 4.79 Å². The van der Waals surface area contributed by atoms with Crippen LogP contribution in [0.25, 0.3) is 0 Å². The number of hydrogen-bond acceptors (Lipinski definition) is 3. The lowest BCUT2D eigenvalue weighted by Crippen LogP contribution is -2.31. The average molecular weight is 285 g/mol. The van der Waals surface area contributed by atoms with Crippen LogP contribution in [0.4, 0.5) is 5.69 Å². The Morgan fingerprint density at radius 3 is 2.74 bits per heavy atom. The molecule has 106 valence electrons. The predicted molar refractivity (Wildman–Crippen MR) is 78.9 cm³/mol. The Morgan fingerprint density at radius 2 is 2.11 bits per heavy atom. The number of carbonyl (C=O) groups is 1. The Kier molecular flexibility index (Phi) is 6.67. The number of halogens is 1. The van der Waals surface area contributed by atoms with Gasteiger partial charge in [0, 0.05) is 20.3 Å². The molecule has 1 amide bonds. The fourth-order valence-corrected chi connectivity index (χ4v) is 2.20. The number of carbonyl (C=O) groups excluding carboxylic acids is 1. The van der Waals surface area contributed by atoms with E-state index >= 15 is 0 Å². The Bertz CT molecular complexity index is 412. The van der Waals surface area contributed by atoms with Crippen molar-refractivity contribution in [2.75, 3.05) is 32.1 Å². The van der Waals surface area contributed by atoms with Crippen molar-refractivity contribution in [3.63, 3.8) is 0 Å². The Balaban J connectivity index is 2.42. The number of anilines is 1. The molecule has 1 rings (SSSR count). The minimum absolute atomic E-state index is 0.0489. The van der Waals surface area contributed by atoms with Crippen LogP contribution in [0, 0.1) is 13.8 Å². The molecule has 0 aliphatic heterocycles. The molecule has 0 aliphatic carbocycles. The molecule has 0 aliphatic rings. The molecular formula is C14H21ClN2O2. The van der Waals surface area contributed by atoms with Crippen LogP contribution in [0.15, 0.2) is 12.1 Å². The summed E-state index contributed by atoms with van der Waals surface area (Å²) in [4.78, 5) is 11.6. The summed E-state index contributed by atoms with van der Waals surface area (Å²) in [6, 6.07) is 3.91. The molecule has 0 fully saturated rings. The molecule has 0 heterocycles. The lowest BCUT2D eigenvalue weighted by atomic mass is 10.1. The van der Waals surface area contributed by atoms with Gasteiger partial charge in [0.2, 0.25) is 5.91 Å². The highest BCUT2D eigenvalue weighted by atomic mass is 35.5. The maximum atomic E-state index is 11.6. The molecule has 4 nitrogen and oxygen atoms in total. The molecule has 5 heteroatoms. The number of methoxy groups -OCH3 is 1. The lowest BCUT2D eigenvalue weighted by molar-refractivity contribution is -0.119. The first-order valence-electron chi connectivity index (χ1n) is 6.31. The van der Waals surface area contributed by atoms with Gasteiger partial charge >= 0.3 is 0 Å². The molecule has 1 aromatic carbocycles. The smallest absolute Gasteiger partial charge is 0.239 e. The first-order valence-corrected chi connectivity index (χ1v) is 6.68. The van der Waals surface area contributed by atoms with Crippen LogP contribution >= 0.6 is 11.6 Å². The summed E-state index contributed by atoms with van der Waals surface area (Å²) in [5.41, 5.74) is 2.97. The maximum Gasteiger partial charge on any atom is 0.239 e. The minimum Gasteiger partial charge on any atom is -0.385 e. The Hall–Kier alpha value is -1.26. The summed E-state index contributed by atoms with van der Waals surface area (Å²) in [6.07, 6.45) is 0.812.